The largest absolute Gasteiger partial charge is 0.493 e. The van der Waals surface area contributed by atoms with E-state index in [0.717, 1.165) is 19.3 Å². The molecule has 0 bridgehead atoms. The fraction of sp³-hybridized carbons (Fsp3) is 0.579. The number of ether oxygens (including phenoxy) is 2. The van der Waals surface area contributed by atoms with Crippen molar-refractivity contribution in [2.24, 2.45) is 0 Å². The van der Waals surface area contributed by atoms with Crippen molar-refractivity contribution < 1.29 is 19.1 Å². The lowest BCUT2D eigenvalue weighted by Gasteiger charge is -2.23. The van der Waals surface area contributed by atoms with Crippen molar-refractivity contribution in [2.75, 3.05) is 20.3 Å². The summed E-state index contributed by atoms with van der Waals surface area (Å²) in [6.45, 7) is 4.38. The van der Waals surface area contributed by atoms with Gasteiger partial charge in [0.05, 0.1) is 7.11 Å². The van der Waals surface area contributed by atoms with Gasteiger partial charge in [-0.05, 0) is 38.3 Å². The topological polar surface area (TPSA) is 67.9 Å². The third-order valence-corrected chi connectivity index (χ3v) is 4.33. The maximum Gasteiger partial charge on any atom is 0.260 e. The van der Waals surface area contributed by atoms with E-state index in [2.05, 4.69) is 5.32 Å². The van der Waals surface area contributed by atoms with Gasteiger partial charge in [-0.15, -0.1) is 0 Å². The van der Waals surface area contributed by atoms with Gasteiger partial charge >= 0.3 is 0 Å². The van der Waals surface area contributed by atoms with Crippen LogP contribution in [0.5, 0.6) is 11.5 Å². The summed E-state index contributed by atoms with van der Waals surface area (Å²) in [6.07, 6.45) is 3.20. The van der Waals surface area contributed by atoms with E-state index in [4.69, 9.17) is 9.47 Å². The molecular weight excluding hydrogens is 320 g/mol. The first-order chi connectivity index (χ1) is 12.0. The maximum absolute atomic E-state index is 12.5. The number of methoxy groups -OCH3 is 1. The van der Waals surface area contributed by atoms with Gasteiger partial charge in [-0.1, -0.05) is 19.1 Å². The van der Waals surface area contributed by atoms with Gasteiger partial charge in [0.25, 0.3) is 5.91 Å². The molecule has 1 aromatic carbocycles. The molecule has 1 N–H and O–H groups in total. The Hall–Kier alpha value is -2.24. The van der Waals surface area contributed by atoms with Gasteiger partial charge in [0, 0.05) is 25.0 Å². The normalized spacial score (nSPS) is 14.5. The minimum Gasteiger partial charge on any atom is -0.493 e. The van der Waals surface area contributed by atoms with Crippen molar-refractivity contribution in [3.63, 3.8) is 0 Å². The van der Waals surface area contributed by atoms with Gasteiger partial charge in [-0.3, -0.25) is 9.59 Å². The molecule has 1 atom stereocenters. The highest BCUT2D eigenvalue weighted by Crippen LogP contribution is 2.28. The molecule has 0 radical (unpaired) electrons. The summed E-state index contributed by atoms with van der Waals surface area (Å²) in [5.41, 5.74) is 0. The molecule has 1 saturated carbocycles. The van der Waals surface area contributed by atoms with Crippen molar-refractivity contribution in [1.29, 1.82) is 0 Å². The Morgan fingerprint density at radius 2 is 1.96 bits per heavy atom. The summed E-state index contributed by atoms with van der Waals surface area (Å²) in [5.74, 6) is 1.04. The first-order valence-electron chi connectivity index (χ1n) is 8.89. The number of benzene rings is 1. The predicted octanol–water partition coefficient (Wildman–Crippen LogP) is 2.37. The fourth-order valence-electron chi connectivity index (χ4n) is 2.53. The lowest BCUT2D eigenvalue weighted by molar-refractivity contribution is -0.134. The number of rotatable bonds is 10. The van der Waals surface area contributed by atoms with Crippen LogP contribution in [0.25, 0.3) is 0 Å². The molecule has 2 amide bonds. The van der Waals surface area contributed by atoms with Crippen LogP contribution in [0.4, 0.5) is 0 Å². The van der Waals surface area contributed by atoms with E-state index in [-0.39, 0.29) is 30.5 Å². The van der Waals surface area contributed by atoms with Crippen molar-refractivity contribution in [3.8, 4) is 11.5 Å². The zero-order valence-electron chi connectivity index (χ0n) is 15.3. The van der Waals surface area contributed by atoms with Crippen molar-refractivity contribution in [3.05, 3.63) is 24.3 Å². The SMILES string of the molecule is CCC(C)NC(=O)CCN(C(=O)COc1ccccc1OC)C1CC1. The second kappa shape index (κ2) is 9.30. The first kappa shape index (κ1) is 19.1. The van der Waals surface area contributed by atoms with E-state index in [1.807, 2.05) is 26.0 Å². The fourth-order valence-corrected chi connectivity index (χ4v) is 2.53. The molecule has 138 valence electrons. The quantitative estimate of drug-likeness (QED) is 0.705. The molecule has 6 nitrogen and oxygen atoms in total. The summed E-state index contributed by atoms with van der Waals surface area (Å²) >= 11 is 0. The van der Waals surface area contributed by atoms with E-state index in [1.165, 1.54) is 0 Å². The Morgan fingerprint density at radius 3 is 2.56 bits per heavy atom. The van der Waals surface area contributed by atoms with Crippen molar-refractivity contribution in [1.82, 2.24) is 10.2 Å². The number of hydrogen-bond acceptors (Lipinski definition) is 4. The average molecular weight is 348 g/mol. The summed E-state index contributed by atoms with van der Waals surface area (Å²) in [6, 6.07) is 7.64. The zero-order valence-corrected chi connectivity index (χ0v) is 15.3. The second-order valence-corrected chi connectivity index (χ2v) is 6.38. The van der Waals surface area contributed by atoms with Crippen LogP contribution in [-0.4, -0.2) is 49.1 Å². The van der Waals surface area contributed by atoms with Crippen LogP contribution < -0.4 is 14.8 Å². The van der Waals surface area contributed by atoms with Crippen LogP contribution in [0.3, 0.4) is 0 Å². The summed E-state index contributed by atoms with van der Waals surface area (Å²) in [4.78, 5) is 26.2. The Labute approximate surface area is 149 Å². The average Bonchev–Trinajstić information content (AvgIpc) is 3.45. The number of carbonyl (C=O) groups is 2. The molecule has 2 rings (SSSR count). The third kappa shape index (κ3) is 5.96. The lowest BCUT2D eigenvalue weighted by atomic mass is 10.2. The van der Waals surface area contributed by atoms with Crippen LogP contribution in [0.2, 0.25) is 0 Å². The van der Waals surface area contributed by atoms with Crippen LogP contribution >= 0.6 is 0 Å². The van der Waals surface area contributed by atoms with Gasteiger partial charge in [-0.2, -0.15) is 0 Å². The molecule has 1 aliphatic carbocycles. The smallest absolute Gasteiger partial charge is 0.260 e. The first-order valence-corrected chi connectivity index (χ1v) is 8.89. The highest BCUT2D eigenvalue weighted by molar-refractivity contribution is 5.80. The summed E-state index contributed by atoms with van der Waals surface area (Å²) in [5, 5.41) is 2.93. The number of hydrogen-bond donors (Lipinski definition) is 1. The Balaban J connectivity index is 1.85. The molecule has 6 heteroatoms. The number of carbonyl (C=O) groups excluding carboxylic acids is 2. The molecule has 0 aromatic heterocycles. The van der Waals surface area contributed by atoms with Gasteiger partial charge in [0.1, 0.15) is 0 Å². The number of nitrogens with zero attached hydrogens (tertiary/aromatic N) is 1. The van der Waals surface area contributed by atoms with Crippen LogP contribution in [0.15, 0.2) is 24.3 Å². The minimum absolute atomic E-state index is 0.0153. The molecule has 1 unspecified atom stereocenters. The Bertz CT molecular complexity index is 587. The predicted molar refractivity (Wildman–Crippen MR) is 95.7 cm³/mol. The van der Waals surface area contributed by atoms with E-state index in [1.54, 1.807) is 24.1 Å². The van der Waals surface area contributed by atoms with Crippen LogP contribution in [0, 0.1) is 0 Å². The Kier molecular flexibility index (Phi) is 7.10. The monoisotopic (exact) mass is 348 g/mol. The van der Waals surface area contributed by atoms with E-state index in [9.17, 15) is 9.59 Å². The van der Waals surface area contributed by atoms with E-state index < -0.39 is 0 Å². The molecule has 0 aliphatic heterocycles. The summed E-state index contributed by atoms with van der Waals surface area (Å²) in [7, 11) is 1.57. The van der Waals surface area contributed by atoms with E-state index >= 15 is 0 Å². The molecule has 1 aliphatic rings. The minimum atomic E-state index is -0.0928. The highest BCUT2D eigenvalue weighted by Gasteiger charge is 2.32. The molecule has 0 heterocycles. The van der Waals surface area contributed by atoms with Crippen molar-refractivity contribution >= 4 is 11.8 Å². The molecular formula is C19H28N2O4. The third-order valence-electron chi connectivity index (χ3n) is 4.33. The lowest BCUT2D eigenvalue weighted by Crippen LogP contribution is -2.40. The number of para-hydroxylation sites is 2. The number of amides is 2. The molecule has 1 fully saturated rings. The van der Waals surface area contributed by atoms with Gasteiger partial charge in [0.2, 0.25) is 5.91 Å². The van der Waals surface area contributed by atoms with Crippen LogP contribution in [0.1, 0.15) is 39.5 Å². The molecule has 0 spiro atoms. The molecule has 1 aromatic rings. The van der Waals surface area contributed by atoms with Crippen LogP contribution in [-0.2, 0) is 9.59 Å². The summed E-state index contributed by atoms with van der Waals surface area (Å²) < 4.78 is 10.8. The molecule has 0 saturated heterocycles. The highest BCUT2D eigenvalue weighted by atomic mass is 16.5. The standard InChI is InChI=1S/C19H28N2O4/c1-4-14(2)20-18(22)11-12-21(15-9-10-15)19(23)13-25-17-8-6-5-7-16(17)24-3/h5-8,14-15H,4,9-13H2,1-3H3,(H,20,22). The van der Waals surface area contributed by atoms with Gasteiger partial charge < -0.3 is 19.7 Å². The maximum atomic E-state index is 12.5. The Morgan fingerprint density at radius 1 is 1.28 bits per heavy atom. The molecule has 25 heavy (non-hydrogen) atoms. The number of nitrogens with one attached hydrogen (secondary N) is 1. The van der Waals surface area contributed by atoms with Crippen molar-refractivity contribution in [2.45, 2.75) is 51.6 Å². The zero-order chi connectivity index (χ0) is 18.2. The second-order valence-electron chi connectivity index (χ2n) is 6.38. The van der Waals surface area contributed by atoms with E-state index in [0.29, 0.717) is 24.5 Å². The van der Waals surface area contributed by atoms with Gasteiger partial charge in [0.15, 0.2) is 18.1 Å². The van der Waals surface area contributed by atoms with Gasteiger partial charge in [-0.25, -0.2) is 0 Å².